The first-order valence-corrected chi connectivity index (χ1v) is 7.20. The lowest BCUT2D eigenvalue weighted by atomic mass is 10.2. The van der Waals surface area contributed by atoms with Gasteiger partial charge in [0.15, 0.2) is 0 Å². The highest BCUT2D eigenvalue weighted by Crippen LogP contribution is 2.20. The highest BCUT2D eigenvalue weighted by molar-refractivity contribution is 14.1. The number of ether oxygens (including phenoxy) is 1. The van der Waals surface area contributed by atoms with E-state index < -0.39 is 6.61 Å². The van der Waals surface area contributed by atoms with Crippen LogP contribution in [0.3, 0.4) is 0 Å². The Kier molecular flexibility index (Phi) is 5.49. The van der Waals surface area contributed by atoms with Crippen LogP contribution in [-0.2, 0) is 6.54 Å². The quantitative estimate of drug-likeness (QED) is 0.772. The number of alkyl halides is 2. The van der Waals surface area contributed by atoms with Crippen molar-refractivity contribution >= 4 is 28.5 Å². The van der Waals surface area contributed by atoms with Crippen LogP contribution >= 0.6 is 22.6 Å². The van der Waals surface area contributed by atoms with Crippen LogP contribution < -0.4 is 10.1 Å². The second-order valence-corrected chi connectivity index (χ2v) is 5.42. The first kappa shape index (κ1) is 15.7. The Bertz CT molecular complexity index is 617. The zero-order valence-electron chi connectivity index (χ0n) is 10.9. The summed E-state index contributed by atoms with van der Waals surface area (Å²) in [5, 5.41) is 2.68. The maximum Gasteiger partial charge on any atom is 0.387 e. The Morgan fingerprint density at radius 3 is 2.48 bits per heavy atom. The third-order valence-electron chi connectivity index (χ3n) is 2.73. The van der Waals surface area contributed by atoms with Crippen molar-refractivity contribution in [3.05, 3.63) is 63.2 Å². The van der Waals surface area contributed by atoms with E-state index in [-0.39, 0.29) is 18.2 Å². The first-order valence-electron chi connectivity index (χ1n) is 6.13. The third kappa shape index (κ3) is 4.66. The van der Waals surface area contributed by atoms with Crippen molar-refractivity contribution in [2.75, 3.05) is 0 Å². The lowest BCUT2D eigenvalue weighted by Crippen LogP contribution is -2.23. The Morgan fingerprint density at radius 2 is 1.81 bits per heavy atom. The molecule has 0 unspecified atom stereocenters. The summed E-state index contributed by atoms with van der Waals surface area (Å²) in [6.07, 6.45) is 0. The number of benzene rings is 2. The Hall–Kier alpha value is -1.70. The smallest absolute Gasteiger partial charge is 0.387 e. The molecule has 2 aromatic carbocycles. The van der Waals surface area contributed by atoms with Gasteiger partial charge < -0.3 is 10.1 Å². The van der Waals surface area contributed by atoms with E-state index in [1.54, 1.807) is 30.3 Å². The van der Waals surface area contributed by atoms with Gasteiger partial charge in [-0.25, -0.2) is 0 Å². The van der Waals surface area contributed by atoms with Gasteiger partial charge in [-0.2, -0.15) is 8.78 Å². The minimum Gasteiger partial charge on any atom is -0.434 e. The maximum absolute atomic E-state index is 12.3. The second kappa shape index (κ2) is 7.35. The molecule has 0 aliphatic carbocycles. The Morgan fingerprint density at radius 1 is 1.14 bits per heavy atom. The summed E-state index contributed by atoms with van der Waals surface area (Å²) in [6, 6.07) is 13.4. The van der Waals surface area contributed by atoms with Gasteiger partial charge in [0.2, 0.25) is 0 Å². The van der Waals surface area contributed by atoms with Crippen LogP contribution in [0.5, 0.6) is 5.75 Å². The second-order valence-electron chi connectivity index (χ2n) is 4.18. The fourth-order valence-electron chi connectivity index (χ4n) is 1.74. The Labute approximate surface area is 134 Å². The van der Waals surface area contributed by atoms with Crippen LogP contribution in [0.1, 0.15) is 15.9 Å². The minimum atomic E-state index is -2.89. The van der Waals surface area contributed by atoms with Gasteiger partial charge in [0.1, 0.15) is 5.75 Å². The van der Waals surface area contributed by atoms with E-state index in [1.807, 2.05) is 12.1 Å². The van der Waals surface area contributed by atoms with Crippen LogP contribution in [0.25, 0.3) is 0 Å². The maximum atomic E-state index is 12.3. The van der Waals surface area contributed by atoms with Crippen LogP contribution in [-0.4, -0.2) is 12.5 Å². The minimum absolute atomic E-state index is 0.0652. The number of hydrogen-bond donors (Lipinski definition) is 1. The van der Waals surface area contributed by atoms with E-state index in [2.05, 4.69) is 32.6 Å². The molecule has 0 spiro atoms. The van der Waals surface area contributed by atoms with Crippen LogP contribution in [0.4, 0.5) is 8.78 Å². The van der Waals surface area contributed by atoms with Crippen molar-refractivity contribution in [3.63, 3.8) is 0 Å². The molecule has 110 valence electrons. The van der Waals surface area contributed by atoms with E-state index in [1.165, 1.54) is 6.07 Å². The molecular formula is C15H12F2INO2. The molecule has 0 bridgehead atoms. The largest absolute Gasteiger partial charge is 0.434 e. The van der Waals surface area contributed by atoms with Crippen molar-refractivity contribution < 1.29 is 18.3 Å². The predicted octanol–water partition coefficient (Wildman–Crippen LogP) is 3.82. The first-order chi connectivity index (χ1) is 10.1. The highest BCUT2D eigenvalue weighted by atomic mass is 127. The van der Waals surface area contributed by atoms with Gasteiger partial charge in [-0.3, -0.25) is 4.79 Å². The zero-order valence-corrected chi connectivity index (χ0v) is 13.0. The highest BCUT2D eigenvalue weighted by Gasteiger charge is 2.10. The third-order valence-corrected chi connectivity index (χ3v) is 3.45. The molecule has 0 heterocycles. The van der Waals surface area contributed by atoms with E-state index in [0.29, 0.717) is 11.1 Å². The molecule has 0 aliphatic heterocycles. The summed E-state index contributed by atoms with van der Waals surface area (Å²) in [5.41, 5.74) is 1.01. The van der Waals surface area contributed by atoms with Crippen molar-refractivity contribution in [3.8, 4) is 5.75 Å². The van der Waals surface area contributed by atoms with E-state index >= 15 is 0 Å². The average molecular weight is 403 g/mol. The van der Waals surface area contributed by atoms with Crippen molar-refractivity contribution in [1.29, 1.82) is 0 Å². The average Bonchev–Trinajstić information content (AvgIpc) is 2.46. The zero-order chi connectivity index (χ0) is 15.2. The summed E-state index contributed by atoms with van der Waals surface area (Å²) >= 11 is 2.15. The molecule has 3 nitrogen and oxygen atoms in total. The molecule has 0 radical (unpaired) electrons. The number of hydrogen-bond acceptors (Lipinski definition) is 2. The summed E-state index contributed by atoms with van der Waals surface area (Å²) < 4.78 is 30.0. The molecule has 1 amide bonds. The van der Waals surface area contributed by atoms with Crippen LogP contribution in [0.2, 0.25) is 0 Å². The van der Waals surface area contributed by atoms with Crippen LogP contribution in [0.15, 0.2) is 48.5 Å². The number of halogens is 3. The number of para-hydroxylation sites is 1. The van der Waals surface area contributed by atoms with Gasteiger partial charge in [-0.05, 0) is 52.9 Å². The summed E-state index contributed by atoms with van der Waals surface area (Å²) in [4.78, 5) is 12.0. The van der Waals surface area contributed by atoms with Crippen molar-refractivity contribution in [2.45, 2.75) is 13.2 Å². The molecule has 0 saturated carbocycles. The number of nitrogens with one attached hydrogen (secondary N) is 1. The molecule has 2 aromatic rings. The predicted molar refractivity (Wildman–Crippen MR) is 83.4 cm³/mol. The molecule has 0 aliphatic rings. The van der Waals surface area contributed by atoms with E-state index in [4.69, 9.17) is 0 Å². The number of carbonyl (C=O) groups excluding carboxylic acids is 1. The number of rotatable bonds is 5. The lowest BCUT2D eigenvalue weighted by Gasteiger charge is -2.11. The molecule has 0 fully saturated rings. The summed E-state index contributed by atoms with van der Waals surface area (Å²) in [6.45, 7) is -2.77. The topological polar surface area (TPSA) is 38.3 Å². The molecule has 0 atom stereocenters. The molecule has 0 saturated heterocycles. The lowest BCUT2D eigenvalue weighted by molar-refractivity contribution is -0.0504. The van der Waals surface area contributed by atoms with Gasteiger partial charge in [0.25, 0.3) is 5.91 Å². The molecule has 21 heavy (non-hydrogen) atoms. The fraction of sp³-hybridized carbons (Fsp3) is 0.133. The van der Waals surface area contributed by atoms with Gasteiger partial charge >= 0.3 is 6.61 Å². The van der Waals surface area contributed by atoms with Gasteiger partial charge in [0.05, 0.1) is 0 Å². The Balaban J connectivity index is 2.02. The van der Waals surface area contributed by atoms with Crippen LogP contribution in [0, 0.1) is 3.57 Å². The van der Waals surface area contributed by atoms with Gasteiger partial charge in [0, 0.05) is 21.2 Å². The number of amides is 1. The van der Waals surface area contributed by atoms with Gasteiger partial charge in [-0.1, -0.05) is 18.2 Å². The monoisotopic (exact) mass is 403 g/mol. The van der Waals surface area contributed by atoms with Gasteiger partial charge in [-0.15, -0.1) is 0 Å². The molecule has 0 aromatic heterocycles. The molecule has 1 N–H and O–H groups in total. The van der Waals surface area contributed by atoms with E-state index in [0.717, 1.165) is 3.57 Å². The molecular weight excluding hydrogens is 391 g/mol. The molecule has 2 rings (SSSR count). The SMILES string of the molecule is O=C(NCc1ccccc1OC(F)F)c1ccc(I)cc1. The molecule has 6 heteroatoms. The number of carbonyl (C=O) groups is 1. The summed E-state index contributed by atoms with van der Waals surface area (Å²) in [7, 11) is 0. The normalized spacial score (nSPS) is 10.5. The van der Waals surface area contributed by atoms with E-state index in [9.17, 15) is 13.6 Å². The summed E-state index contributed by atoms with van der Waals surface area (Å²) in [5.74, 6) is -0.200. The fourth-order valence-corrected chi connectivity index (χ4v) is 2.10. The standard InChI is InChI=1S/C15H12F2INO2/c16-15(17)21-13-4-2-1-3-11(13)9-19-14(20)10-5-7-12(18)8-6-10/h1-8,15H,9H2,(H,19,20). The van der Waals surface area contributed by atoms with Crippen molar-refractivity contribution in [2.24, 2.45) is 0 Å². The van der Waals surface area contributed by atoms with Crippen molar-refractivity contribution in [1.82, 2.24) is 5.32 Å².